The maximum Gasteiger partial charge on any atom is 0.267 e. The predicted molar refractivity (Wildman–Crippen MR) is 150 cm³/mol. The number of hydrogen-bond donors (Lipinski definition) is 3. The Labute approximate surface area is 225 Å². The summed E-state index contributed by atoms with van der Waals surface area (Å²) < 4.78 is 0. The van der Waals surface area contributed by atoms with Gasteiger partial charge in [-0.3, -0.25) is 20.0 Å². The Morgan fingerprint density at radius 3 is 2.46 bits per heavy atom. The van der Waals surface area contributed by atoms with E-state index in [1.165, 1.54) is 17.2 Å². The van der Waals surface area contributed by atoms with E-state index >= 15 is 0 Å². The van der Waals surface area contributed by atoms with Gasteiger partial charge in [0, 0.05) is 40.2 Å². The second-order valence-corrected chi connectivity index (χ2v) is 10.0. The number of benzene rings is 3. The summed E-state index contributed by atoms with van der Waals surface area (Å²) >= 11 is 7.83. The second-order valence-electron chi connectivity index (χ2n) is 8.54. The van der Waals surface area contributed by atoms with Crippen LogP contribution in [-0.4, -0.2) is 16.8 Å². The molecule has 1 aromatic heterocycles. The van der Waals surface area contributed by atoms with E-state index in [1.54, 1.807) is 42.4 Å². The third-order valence-corrected chi connectivity index (χ3v) is 7.10. The highest BCUT2D eigenvalue weighted by molar-refractivity contribution is 7.98. The molecule has 0 radical (unpaired) electrons. The van der Waals surface area contributed by atoms with Crippen LogP contribution in [0.3, 0.4) is 0 Å². The lowest BCUT2D eigenvalue weighted by atomic mass is 10.1. The van der Waals surface area contributed by atoms with Gasteiger partial charge in [-0.2, -0.15) is 0 Å². The van der Waals surface area contributed by atoms with Gasteiger partial charge in [-0.05, 0) is 78.6 Å². The number of hydrazine groups is 1. The van der Waals surface area contributed by atoms with Gasteiger partial charge in [0.25, 0.3) is 11.8 Å². The number of rotatable bonds is 9. The van der Waals surface area contributed by atoms with Crippen molar-refractivity contribution in [3.05, 3.63) is 124 Å². The molecule has 0 unspecified atom stereocenters. The van der Waals surface area contributed by atoms with E-state index in [1.807, 2.05) is 49.4 Å². The van der Waals surface area contributed by atoms with Gasteiger partial charge in [0.2, 0.25) is 0 Å². The topological polar surface area (TPSA) is 83.1 Å². The minimum atomic E-state index is -0.399. The number of anilines is 1. The van der Waals surface area contributed by atoms with Crippen LogP contribution < -0.4 is 16.2 Å². The maximum atomic E-state index is 13.1. The van der Waals surface area contributed by atoms with Crippen molar-refractivity contribution in [2.45, 2.75) is 31.0 Å². The fraction of sp³-hybridized carbons (Fsp3) is 0.138. The molecule has 0 aliphatic carbocycles. The van der Waals surface area contributed by atoms with Crippen LogP contribution in [0, 0.1) is 13.8 Å². The minimum Gasteiger partial charge on any atom is -0.321 e. The fourth-order valence-electron chi connectivity index (χ4n) is 3.62. The van der Waals surface area contributed by atoms with Crippen LogP contribution >= 0.6 is 23.4 Å². The lowest BCUT2D eigenvalue weighted by Gasteiger charge is -2.13. The van der Waals surface area contributed by atoms with Crippen molar-refractivity contribution < 1.29 is 9.59 Å². The van der Waals surface area contributed by atoms with Gasteiger partial charge in [0.05, 0.1) is 11.3 Å². The van der Waals surface area contributed by atoms with E-state index in [2.05, 4.69) is 34.1 Å². The number of carbonyl (C=O) groups is 2. The Kier molecular flexibility index (Phi) is 8.95. The van der Waals surface area contributed by atoms with Gasteiger partial charge in [-0.15, -0.1) is 11.8 Å². The van der Waals surface area contributed by atoms with E-state index in [0.717, 1.165) is 16.0 Å². The molecule has 1 heterocycles. The zero-order valence-electron chi connectivity index (χ0n) is 20.5. The molecular weight excluding hydrogens is 504 g/mol. The third-order valence-electron chi connectivity index (χ3n) is 5.78. The molecule has 8 heteroatoms. The standard InChI is InChI=1S/C29H27ClN4O2S/c1-19-6-7-21(14-20(19)2)17-32-34-29(36)26-16-24(30)8-9-27(26)33-28(35)23-5-3-4-22(15-23)18-37-25-10-12-31-13-11-25/h3-16,32H,17-18H2,1-2H3,(H,33,35)(H,34,36). The molecule has 2 amide bonds. The molecule has 3 aromatic carbocycles. The zero-order chi connectivity index (χ0) is 26.2. The lowest BCUT2D eigenvalue weighted by molar-refractivity contribution is 0.0933. The first-order valence-electron chi connectivity index (χ1n) is 11.7. The Morgan fingerprint density at radius 2 is 1.68 bits per heavy atom. The lowest BCUT2D eigenvalue weighted by Crippen LogP contribution is -2.37. The molecule has 6 nitrogen and oxygen atoms in total. The Hall–Kier alpha value is -3.65. The van der Waals surface area contributed by atoms with E-state index < -0.39 is 5.91 Å². The Bertz CT molecular complexity index is 1410. The average Bonchev–Trinajstić information content (AvgIpc) is 2.91. The van der Waals surface area contributed by atoms with Gasteiger partial charge in [-0.1, -0.05) is 41.9 Å². The van der Waals surface area contributed by atoms with Gasteiger partial charge in [-0.25, -0.2) is 5.43 Å². The number of aromatic nitrogens is 1. The van der Waals surface area contributed by atoms with Gasteiger partial charge in [0.15, 0.2) is 0 Å². The molecule has 0 saturated heterocycles. The minimum absolute atomic E-state index is 0.262. The van der Waals surface area contributed by atoms with Crippen LogP contribution in [0.25, 0.3) is 0 Å². The molecule has 0 spiro atoms. The number of amides is 2. The highest BCUT2D eigenvalue weighted by Crippen LogP contribution is 2.24. The van der Waals surface area contributed by atoms with Crippen molar-refractivity contribution in [2.24, 2.45) is 0 Å². The third kappa shape index (κ3) is 7.43. The highest BCUT2D eigenvalue weighted by atomic mass is 35.5. The van der Waals surface area contributed by atoms with Gasteiger partial charge in [0.1, 0.15) is 0 Å². The van der Waals surface area contributed by atoms with Crippen molar-refractivity contribution in [2.75, 3.05) is 5.32 Å². The van der Waals surface area contributed by atoms with Gasteiger partial charge < -0.3 is 5.32 Å². The number of aryl methyl sites for hydroxylation is 2. The summed E-state index contributed by atoms with van der Waals surface area (Å²) in [6.07, 6.45) is 3.51. The molecule has 4 aromatic rings. The fourth-order valence-corrected chi connectivity index (χ4v) is 4.62. The monoisotopic (exact) mass is 530 g/mol. The second kappa shape index (κ2) is 12.5. The summed E-state index contributed by atoms with van der Waals surface area (Å²) in [4.78, 5) is 31.1. The Balaban J connectivity index is 1.40. The van der Waals surface area contributed by atoms with Crippen LogP contribution in [0.2, 0.25) is 5.02 Å². The molecular formula is C29H27ClN4O2S. The zero-order valence-corrected chi connectivity index (χ0v) is 22.1. The molecule has 0 aliphatic rings. The number of thioether (sulfide) groups is 1. The van der Waals surface area contributed by atoms with E-state index in [-0.39, 0.29) is 11.5 Å². The van der Waals surface area contributed by atoms with Gasteiger partial charge >= 0.3 is 0 Å². The number of carbonyl (C=O) groups excluding carboxylic acids is 2. The molecule has 0 saturated carbocycles. The van der Waals surface area contributed by atoms with Crippen molar-refractivity contribution in [1.82, 2.24) is 15.8 Å². The normalized spacial score (nSPS) is 10.7. The van der Waals surface area contributed by atoms with Crippen molar-refractivity contribution in [3.63, 3.8) is 0 Å². The van der Waals surface area contributed by atoms with E-state index in [0.29, 0.717) is 28.6 Å². The SMILES string of the molecule is Cc1ccc(CNNC(=O)c2cc(Cl)ccc2NC(=O)c2cccc(CSc3ccncc3)c2)cc1C. The summed E-state index contributed by atoms with van der Waals surface area (Å²) in [6, 6.07) is 22.3. The van der Waals surface area contributed by atoms with Crippen LogP contribution in [0.5, 0.6) is 0 Å². The summed E-state index contributed by atoms with van der Waals surface area (Å²) in [7, 11) is 0. The van der Waals surface area contributed by atoms with E-state index in [4.69, 9.17) is 11.6 Å². The van der Waals surface area contributed by atoms with Crippen LogP contribution in [-0.2, 0) is 12.3 Å². The first kappa shape index (κ1) is 26.4. The molecule has 0 atom stereocenters. The first-order chi connectivity index (χ1) is 17.9. The van der Waals surface area contributed by atoms with Crippen LogP contribution in [0.15, 0.2) is 90.1 Å². The van der Waals surface area contributed by atoms with Crippen molar-refractivity contribution >= 4 is 40.9 Å². The van der Waals surface area contributed by atoms with Crippen molar-refractivity contribution in [1.29, 1.82) is 0 Å². The summed E-state index contributed by atoms with van der Waals surface area (Å²) in [5.74, 6) is 0.00527. The molecule has 0 fully saturated rings. The van der Waals surface area contributed by atoms with Crippen molar-refractivity contribution in [3.8, 4) is 0 Å². The summed E-state index contributed by atoms with van der Waals surface area (Å²) in [6.45, 7) is 4.56. The highest BCUT2D eigenvalue weighted by Gasteiger charge is 2.16. The quantitative estimate of drug-likeness (QED) is 0.174. The number of nitrogens with one attached hydrogen (secondary N) is 3. The summed E-state index contributed by atoms with van der Waals surface area (Å²) in [5.41, 5.74) is 11.2. The molecule has 3 N–H and O–H groups in total. The molecule has 37 heavy (non-hydrogen) atoms. The Morgan fingerprint density at radius 1 is 0.865 bits per heavy atom. The smallest absolute Gasteiger partial charge is 0.267 e. The largest absolute Gasteiger partial charge is 0.321 e. The first-order valence-corrected chi connectivity index (χ1v) is 13.1. The molecule has 0 aliphatic heterocycles. The number of nitrogens with zero attached hydrogens (tertiary/aromatic N) is 1. The predicted octanol–water partition coefficient (Wildman–Crippen LogP) is 6.33. The molecule has 0 bridgehead atoms. The average molecular weight is 531 g/mol. The molecule has 188 valence electrons. The summed E-state index contributed by atoms with van der Waals surface area (Å²) in [5, 5.41) is 3.25. The number of halogens is 1. The number of hydrogen-bond acceptors (Lipinski definition) is 5. The van der Waals surface area contributed by atoms with E-state index in [9.17, 15) is 9.59 Å². The number of pyridine rings is 1. The van der Waals surface area contributed by atoms with Crippen LogP contribution in [0.4, 0.5) is 5.69 Å². The molecule has 4 rings (SSSR count). The maximum absolute atomic E-state index is 13.1. The van der Waals surface area contributed by atoms with Crippen LogP contribution in [0.1, 0.15) is 43.0 Å².